The summed E-state index contributed by atoms with van der Waals surface area (Å²) in [7, 11) is 0. The largest absolute Gasteiger partial charge is 0.349 e. The molecule has 1 amide bonds. The number of carbonyl (C=O) groups is 1. The average molecular weight is 359 g/mol. The van der Waals surface area contributed by atoms with Crippen molar-refractivity contribution in [1.29, 1.82) is 0 Å². The highest BCUT2D eigenvalue weighted by molar-refractivity contribution is 7.99. The number of aromatic nitrogens is 3. The van der Waals surface area contributed by atoms with Crippen LogP contribution >= 0.6 is 11.8 Å². The maximum Gasteiger partial charge on any atom is 0.230 e. The van der Waals surface area contributed by atoms with E-state index in [4.69, 9.17) is 0 Å². The topological polar surface area (TPSA) is 59.8 Å². The van der Waals surface area contributed by atoms with E-state index in [9.17, 15) is 4.79 Å². The summed E-state index contributed by atoms with van der Waals surface area (Å²) >= 11 is 1.47. The van der Waals surface area contributed by atoms with Crippen LogP contribution in [0.25, 0.3) is 0 Å². The second-order valence-electron chi connectivity index (χ2n) is 6.51. The Bertz CT molecular complexity index is 700. The van der Waals surface area contributed by atoms with Crippen molar-refractivity contribution in [3.8, 4) is 0 Å². The normalized spacial score (nSPS) is 16.4. The highest BCUT2D eigenvalue weighted by Gasteiger charge is 2.21. The monoisotopic (exact) mass is 358 g/mol. The van der Waals surface area contributed by atoms with Gasteiger partial charge < -0.3 is 9.88 Å². The van der Waals surface area contributed by atoms with Crippen molar-refractivity contribution in [3.05, 3.63) is 41.7 Å². The summed E-state index contributed by atoms with van der Waals surface area (Å²) in [5.74, 6) is 0.445. The lowest BCUT2D eigenvalue weighted by Gasteiger charge is -2.26. The standard InChI is InChI=1S/C19H26N4OS/c1-2-3-6-12-23-14-20-22-19(23)25-13-18(24)21-17-11-7-9-15-8-4-5-10-16(15)17/h4-5,8,10,14,17H,2-3,6-7,9,11-13H2,1H3,(H,21,24)/t17-/m1/s1. The van der Waals surface area contributed by atoms with Gasteiger partial charge in [0.05, 0.1) is 11.8 Å². The SMILES string of the molecule is CCCCCn1cnnc1SCC(=O)N[C@@H]1CCCc2ccccc21. The van der Waals surface area contributed by atoms with Crippen molar-refractivity contribution >= 4 is 17.7 Å². The minimum Gasteiger partial charge on any atom is -0.349 e. The Morgan fingerprint density at radius 3 is 3.12 bits per heavy atom. The molecule has 1 aromatic carbocycles. The minimum absolute atomic E-state index is 0.0646. The Labute approximate surface area is 153 Å². The molecule has 1 heterocycles. The first-order valence-electron chi connectivity index (χ1n) is 9.15. The van der Waals surface area contributed by atoms with Crippen molar-refractivity contribution in [1.82, 2.24) is 20.1 Å². The average Bonchev–Trinajstić information content (AvgIpc) is 3.08. The third-order valence-electron chi connectivity index (χ3n) is 4.62. The fourth-order valence-electron chi connectivity index (χ4n) is 3.31. The zero-order valence-electron chi connectivity index (χ0n) is 14.8. The van der Waals surface area contributed by atoms with Gasteiger partial charge in [-0.05, 0) is 36.8 Å². The molecule has 5 nitrogen and oxygen atoms in total. The molecule has 1 atom stereocenters. The smallest absolute Gasteiger partial charge is 0.230 e. The number of nitrogens with zero attached hydrogens (tertiary/aromatic N) is 3. The number of amides is 1. The Balaban J connectivity index is 1.52. The molecule has 0 aliphatic heterocycles. The lowest BCUT2D eigenvalue weighted by Crippen LogP contribution is -2.32. The second kappa shape index (κ2) is 9.04. The first-order chi connectivity index (χ1) is 12.3. The van der Waals surface area contributed by atoms with E-state index in [1.165, 1.54) is 35.7 Å². The van der Waals surface area contributed by atoms with Gasteiger partial charge >= 0.3 is 0 Å². The van der Waals surface area contributed by atoms with E-state index in [2.05, 4.69) is 46.7 Å². The van der Waals surface area contributed by atoms with E-state index in [0.717, 1.165) is 37.4 Å². The van der Waals surface area contributed by atoms with Gasteiger partial charge in [0.2, 0.25) is 5.91 Å². The number of unbranched alkanes of at least 4 members (excludes halogenated alkanes) is 2. The van der Waals surface area contributed by atoms with Crippen LogP contribution in [-0.4, -0.2) is 26.4 Å². The Morgan fingerprint density at radius 1 is 1.36 bits per heavy atom. The molecule has 134 valence electrons. The molecule has 25 heavy (non-hydrogen) atoms. The van der Waals surface area contributed by atoms with Crippen LogP contribution in [0.3, 0.4) is 0 Å². The van der Waals surface area contributed by atoms with E-state index < -0.39 is 0 Å². The molecule has 2 aromatic rings. The van der Waals surface area contributed by atoms with Crippen LogP contribution in [-0.2, 0) is 17.8 Å². The summed E-state index contributed by atoms with van der Waals surface area (Å²) < 4.78 is 2.05. The fraction of sp³-hybridized carbons (Fsp3) is 0.526. The first kappa shape index (κ1) is 18.0. The number of thioether (sulfide) groups is 1. The lowest BCUT2D eigenvalue weighted by atomic mass is 9.88. The van der Waals surface area contributed by atoms with Gasteiger partial charge in [0.15, 0.2) is 5.16 Å². The summed E-state index contributed by atoms with van der Waals surface area (Å²) in [4.78, 5) is 12.4. The van der Waals surface area contributed by atoms with Crippen LogP contribution in [0.5, 0.6) is 0 Å². The van der Waals surface area contributed by atoms with Gasteiger partial charge in [0.1, 0.15) is 6.33 Å². The van der Waals surface area contributed by atoms with Crippen LogP contribution in [0.15, 0.2) is 35.7 Å². The number of hydrogen-bond donors (Lipinski definition) is 1. The van der Waals surface area contributed by atoms with E-state index >= 15 is 0 Å². The van der Waals surface area contributed by atoms with Gasteiger partial charge in [-0.25, -0.2) is 0 Å². The molecule has 0 unspecified atom stereocenters. The zero-order chi connectivity index (χ0) is 17.5. The first-order valence-corrected chi connectivity index (χ1v) is 10.1. The number of aryl methyl sites for hydroxylation is 2. The number of rotatable bonds is 8. The highest BCUT2D eigenvalue weighted by Crippen LogP contribution is 2.29. The van der Waals surface area contributed by atoms with E-state index in [1.54, 1.807) is 6.33 Å². The molecule has 3 rings (SSSR count). The molecule has 0 radical (unpaired) electrons. The van der Waals surface area contributed by atoms with Crippen molar-refractivity contribution in [2.75, 3.05) is 5.75 Å². The van der Waals surface area contributed by atoms with Crippen LogP contribution in [0.2, 0.25) is 0 Å². The van der Waals surface area contributed by atoms with Crippen molar-refractivity contribution in [2.45, 2.75) is 63.2 Å². The second-order valence-corrected chi connectivity index (χ2v) is 7.46. The lowest BCUT2D eigenvalue weighted by molar-refractivity contribution is -0.119. The molecule has 0 spiro atoms. The van der Waals surface area contributed by atoms with E-state index in [1.807, 2.05) is 4.57 Å². The van der Waals surface area contributed by atoms with Crippen molar-refractivity contribution in [3.63, 3.8) is 0 Å². The molecule has 0 saturated heterocycles. The van der Waals surface area contributed by atoms with Crippen molar-refractivity contribution < 1.29 is 4.79 Å². The van der Waals surface area contributed by atoms with Gasteiger partial charge in [-0.3, -0.25) is 4.79 Å². The van der Waals surface area contributed by atoms with Gasteiger partial charge in [0, 0.05) is 6.54 Å². The molecule has 1 aliphatic carbocycles. The van der Waals surface area contributed by atoms with E-state index in [0.29, 0.717) is 5.75 Å². The predicted octanol–water partition coefficient (Wildman–Crippen LogP) is 3.75. The zero-order valence-corrected chi connectivity index (χ0v) is 15.6. The van der Waals surface area contributed by atoms with Crippen molar-refractivity contribution in [2.24, 2.45) is 0 Å². The summed E-state index contributed by atoms with van der Waals surface area (Å²) in [5, 5.41) is 12.2. The maximum absolute atomic E-state index is 12.4. The predicted molar refractivity (Wildman–Crippen MR) is 101 cm³/mol. The van der Waals surface area contributed by atoms with Crippen LogP contribution in [0, 0.1) is 0 Å². The molecule has 0 bridgehead atoms. The molecule has 0 fully saturated rings. The number of carbonyl (C=O) groups excluding carboxylic acids is 1. The van der Waals surface area contributed by atoms with Crippen LogP contribution < -0.4 is 5.32 Å². The molecule has 1 aromatic heterocycles. The number of hydrogen-bond acceptors (Lipinski definition) is 4. The number of benzene rings is 1. The summed E-state index contributed by atoms with van der Waals surface area (Å²) in [5.41, 5.74) is 2.64. The number of fused-ring (bicyclic) bond motifs is 1. The third kappa shape index (κ3) is 4.84. The van der Waals surface area contributed by atoms with Gasteiger partial charge in [0.25, 0.3) is 0 Å². The van der Waals surface area contributed by atoms with Crippen LogP contribution in [0.1, 0.15) is 56.2 Å². The molecule has 1 N–H and O–H groups in total. The Hall–Kier alpha value is -1.82. The fourth-order valence-corrected chi connectivity index (χ4v) is 4.06. The summed E-state index contributed by atoms with van der Waals surface area (Å²) in [6.07, 6.45) is 8.51. The summed E-state index contributed by atoms with van der Waals surface area (Å²) in [6, 6.07) is 8.57. The minimum atomic E-state index is 0.0646. The number of nitrogens with one attached hydrogen (secondary N) is 1. The van der Waals surface area contributed by atoms with Gasteiger partial charge in [-0.1, -0.05) is 55.8 Å². The molecular weight excluding hydrogens is 332 g/mol. The molecule has 6 heteroatoms. The van der Waals surface area contributed by atoms with Crippen LogP contribution in [0.4, 0.5) is 0 Å². The van der Waals surface area contributed by atoms with Gasteiger partial charge in [-0.2, -0.15) is 0 Å². The molecule has 1 aliphatic rings. The summed E-state index contributed by atoms with van der Waals surface area (Å²) in [6.45, 7) is 3.11. The van der Waals surface area contributed by atoms with E-state index in [-0.39, 0.29) is 11.9 Å². The Morgan fingerprint density at radius 2 is 2.24 bits per heavy atom. The molecular formula is C19H26N4OS. The van der Waals surface area contributed by atoms with Gasteiger partial charge in [-0.15, -0.1) is 10.2 Å². The highest BCUT2D eigenvalue weighted by atomic mass is 32.2. The molecule has 0 saturated carbocycles. The third-order valence-corrected chi connectivity index (χ3v) is 5.60. The Kier molecular flexibility index (Phi) is 6.50. The quantitative estimate of drug-likeness (QED) is 0.577. The maximum atomic E-state index is 12.4.